The van der Waals surface area contributed by atoms with Crippen molar-refractivity contribution in [3.8, 4) is 11.7 Å². The molecule has 0 amide bonds. The third-order valence-corrected chi connectivity index (χ3v) is 5.38. The summed E-state index contributed by atoms with van der Waals surface area (Å²) >= 11 is 9.31. The molecule has 168 valence electrons. The Morgan fingerprint density at radius 3 is 2.45 bits per heavy atom. The summed E-state index contributed by atoms with van der Waals surface area (Å²) in [5.41, 5.74) is 6.91. The molecule has 0 unspecified atom stereocenters. The summed E-state index contributed by atoms with van der Waals surface area (Å²) in [5.74, 6) is 0.864. The van der Waals surface area contributed by atoms with Gasteiger partial charge in [0.25, 0.3) is 5.95 Å². The van der Waals surface area contributed by atoms with Gasteiger partial charge in [-0.2, -0.15) is 25.2 Å². The van der Waals surface area contributed by atoms with Crippen molar-refractivity contribution in [3.05, 3.63) is 74.5 Å². The Hall–Kier alpha value is -3.50. The third-order valence-electron chi connectivity index (χ3n) is 4.56. The number of rotatable bonds is 6. The zero-order valence-corrected chi connectivity index (χ0v) is 20.3. The quantitative estimate of drug-likeness (QED) is 0.230. The first kappa shape index (κ1) is 22.7. The number of halogens is 2. The van der Waals surface area contributed by atoms with E-state index in [2.05, 4.69) is 51.8 Å². The minimum atomic E-state index is 0.0191. The maximum atomic E-state index is 10.2. The highest BCUT2D eigenvalue weighted by Crippen LogP contribution is 2.30. The third kappa shape index (κ3) is 5.47. The van der Waals surface area contributed by atoms with Gasteiger partial charge in [0.2, 0.25) is 11.9 Å². The van der Waals surface area contributed by atoms with E-state index in [9.17, 15) is 5.11 Å². The molecule has 0 aliphatic heterocycles. The minimum Gasteiger partial charge on any atom is -0.506 e. The SMILES string of the molecule is Cc1ccc(Nc2nc(N/N=C\c3cc(Cl)cc(Br)c3O)nc(-n3nc(C)cc3C)n2)cc1. The molecule has 3 N–H and O–H groups in total. The summed E-state index contributed by atoms with van der Waals surface area (Å²) in [7, 11) is 0. The van der Waals surface area contributed by atoms with Crippen LogP contribution in [-0.2, 0) is 0 Å². The van der Waals surface area contributed by atoms with Gasteiger partial charge in [-0.3, -0.25) is 0 Å². The zero-order chi connectivity index (χ0) is 23.5. The van der Waals surface area contributed by atoms with Crippen LogP contribution >= 0.6 is 27.5 Å². The van der Waals surface area contributed by atoms with Crippen molar-refractivity contribution in [2.45, 2.75) is 20.8 Å². The van der Waals surface area contributed by atoms with Crippen molar-refractivity contribution >= 4 is 51.3 Å². The maximum Gasteiger partial charge on any atom is 0.257 e. The molecule has 0 fully saturated rings. The molecular weight excluding hydrogens is 508 g/mol. The van der Waals surface area contributed by atoms with Crippen molar-refractivity contribution in [1.82, 2.24) is 24.7 Å². The van der Waals surface area contributed by atoms with E-state index in [-0.39, 0.29) is 11.7 Å². The summed E-state index contributed by atoms with van der Waals surface area (Å²) < 4.78 is 2.10. The Kier molecular flexibility index (Phi) is 6.57. The largest absolute Gasteiger partial charge is 0.506 e. The molecule has 0 saturated carbocycles. The predicted octanol–water partition coefficient (Wildman–Crippen LogP) is 5.29. The van der Waals surface area contributed by atoms with Crippen molar-refractivity contribution in [3.63, 3.8) is 0 Å². The van der Waals surface area contributed by atoms with Gasteiger partial charge in [0, 0.05) is 22.0 Å². The van der Waals surface area contributed by atoms with Gasteiger partial charge < -0.3 is 10.4 Å². The fraction of sp³-hybridized carbons (Fsp3) is 0.136. The van der Waals surface area contributed by atoms with Crippen LogP contribution in [0.4, 0.5) is 17.6 Å². The molecule has 0 spiro atoms. The van der Waals surface area contributed by atoms with Crippen molar-refractivity contribution in [2.24, 2.45) is 5.10 Å². The van der Waals surface area contributed by atoms with Crippen LogP contribution in [-0.4, -0.2) is 36.1 Å². The number of aryl methyl sites for hydroxylation is 3. The Balaban J connectivity index is 1.67. The summed E-state index contributed by atoms with van der Waals surface area (Å²) in [4.78, 5) is 13.4. The number of hydrazone groups is 1. The number of hydrogen-bond donors (Lipinski definition) is 3. The second-order valence-corrected chi connectivity index (χ2v) is 8.60. The van der Waals surface area contributed by atoms with Crippen LogP contribution in [0.2, 0.25) is 5.02 Å². The molecule has 4 aromatic rings. The molecule has 0 aliphatic rings. The van der Waals surface area contributed by atoms with Gasteiger partial charge in [-0.05, 0) is 67.0 Å². The molecular formula is C22H20BrClN8O. The average Bonchev–Trinajstić information content (AvgIpc) is 3.11. The Morgan fingerprint density at radius 1 is 1.03 bits per heavy atom. The van der Waals surface area contributed by atoms with Crippen LogP contribution in [0.5, 0.6) is 5.75 Å². The molecule has 0 saturated heterocycles. The number of benzene rings is 2. The fourth-order valence-corrected chi connectivity index (χ4v) is 3.84. The van der Waals surface area contributed by atoms with Crippen LogP contribution in [0.25, 0.3) is 5.95 Å². The number of nitrogens with zero attached hydrogens (tertiary/aromatic N) is 6. The lowest BCUT2D eigenvalue weighted by atomic mass is 10.2. The topological polar surface area (TPSA) is 113 Å². The smallest absolute Gasteiger partial charge is 0.257 e. The lowest BCUT2D eigenvalue weighted by Crippen LogP contribution is -2.11. The fourth-order valence-electron chi connectivity index (χ4n) is 3.01. The van der Waals surface area contributed by atoms with E-state index in [1.165, 1.54) is 6.21 Å². The normalized spacial score (nSPS) is 11.2. The molecule has 0 atom stereocenters. The van der Waals surface area contributed by atoms with Crippen molar-refractivity contribution in [2.75, 3.05) is 10.7 Å². The second kappa shape index (κ2) is 9.55. The average molecular weight is 528 g/mol. The lowest BCUT2D eigenvalue weighted by molar-refractivity contribution is 0.471. The number of anilines is 3. The van der Waals surface area contributed by atoms with Gasteiger partial charge in [0.1, 0.15) is 5.75 Å². The molecule has 2 heterocycles. The second-order valence-electron chi connectivity index (χ2n) is 7.31. The number of aromatic nitrogens is 5. The molecule has 33 heavy (non-hydrogen) atoms. The molecule has 0 radical (unpaired) electrons. The molecule has 2 aromatic carbocycles. The van der Waals surface area contributed by atoms with Gasteiger partial charge in [-0.1, -0.05) is 29.3 Å². The summed E-state index contributed by atoms with van der Waals surface area (Å²) in [6, 6.07) is 13.0. The van der Waals surface area contributed by atoms with Crippen LogP contribution in [0.1, 0.15) is 22.5 Å². The van der Waals surface area contributed by atoms with E-state index in [0.717, 1.165) is 22.6 Å². The van der Waals surface area contributed by atoms with Crippen molar-refractivity contribution < 1.29 is 5.11 Å². The highest BCUT2D eigenvalue weighted by Gasteiger charge is 2.12. The summed E-state index contributed by atoms with van der Waals surface area (Å²) in [6.45, 7) is 5.83. The van der Waals surface area contributed by atoms with Crippen molar-refractivity contribution in [1.29, 1.82) is 0 Å². The maximum absolute atomic E-state index is 10.2. The zero-order valence-electron chi connectivity index (χ0n) is 18.0. The molecule has 4 rings (SSSR count). The first-order chi connectivity index (χ1) is 15.8. The summed E-state index contributed by atoms with van der Waals surface area (Å²) in [6.07, 6.45) is 1.42. The van der Waals surface area contributed by atoms with E-state index in [1.807, 2.05) is 51.1 Å². The molecule has 9 nitrogen and oxygen atoms in total. The number of phenols is 1. The molecule has 0 bridgehead atoms. The highest BCUT2D eigenvalue weighted by atomic mass is 79.9. The van der Waals surface area contributed by atoms with Crippen LogP contribution in [0.15, 0.2) is 52.0 Å². The van der Waals surface area contributed by atoms with E-state index in [4.69, 9.17) is 11.6 Å². The van der Waals surface area contributed by atoms with Crippen LogP contribution < -0.4 is 10.7 Å². The van der Waals surface area contributed by atoms with E-state index in [0.29, 0.717) is 27.0 Å². The first-order valence-corrected chi connectivity index (χ1v) is 11.1. The molecule has 11 heteroatoms. The van der Waals surface area contributed by atoms with E-state index < -0.39 is 0 Å². The Morgan fingerprint density at radius 2 is 1.76 bits per heavy atom. The standard InChI is InChI=1S/C22H20BrClN8O/c1-12-4-6-17(7-5-12)26-20-27-21(29-22(28-20)32-14(3)8-13(2)31-32)30-25-11-15-9-16(24)10-18(23)19(15)33/h4-11,33H,1-3H3,(H2,26,27,28,29,30)/b25-11-. The predicted molar refractivity (Wildman–Crippen MR) is 133 cm³/mol. The minimum absolute atomic E-state index is 0.0191. The number of nitrogens with one attached hydrogen (secondary N) is 2. The molecule has 2 aromatic heterocycles. The highest BCUT2D eigenvalue weighted by molar-refractivity contribution is 9.10. The number of hydrogen-bond acceptors (Lipinski definition) is 8. The van der Waals surface area contributed by atoms with Crippen LogP contribution in [0.3, 0.4) is 0 Å². The van der Waals surface area contributed by atoms with Crippen LogP contribution in [0, 0.1) is 20.8 Å². The van der Waals surface area contributed by atoms with E-state index >= 15 is 0 Å². The Labute approximate surface area is 203 Å². The molecule has 0 aliphatic carbocycles. The summed E-state index contributed by atoms with van der Waals surface area (Å²) in [5, 5.41) is 22.4. The Bertz CT molecular complexity index is 1340. The number of aromatic hydroxyl groups is 1. The first-order valence-electron chi connectivity index (χ1n) is 9.89. The van der Waals surface area contributed by atoms with E-state index in [1.54, 1.807) is 16.8 Å². The number of phenolic OH excluding ortho intramolecular Hbond substituents is 1. The van der Waals surface area contributed by atoms with Gasteiger partial charge in [0.05, 0.1) is 16.4 Å². The lowest BCUT2D eigenvalue weighted by Gasteiger charge is -2.10. The van der Waals surface area contributed by atoms with Gasteiger partial charge in [-0.25, -0.2) is 10.1 Å². The monoisotopic (exact) mass is 526 g/mol. The van der Waals surface area contributed by atoms with Gasteiger partial charge in [0.15, 0.2) is 0 Å². The van der Waals surface area contributed by atoms with Gasteiger partial charge >= 0.3 is 0 Å². The van der Waals surface area contributed by atoms with Gasteiger partial charge in [-0.15, -0.1) is 0 Å².